The maximum Gasteiger partial charge on any atom is 0.239 e. The normalized spacial score (nSPS) is 42.2. The Bertz CT molecular complexity index is 674. The van der Waals surface area contributed by atoms with Crippen molar-refractivity contribution in [3.05, 3.63) is 36.0 Å². The first-order valence-corrected chi connectivity index (χ1v) is 7.66. The molecule has 2 bridgehead atoms. The predicted molar refractivity (Wildman–Crippen MR) is 76.2 cm³/mol. The van der Waals surface area contributed by atoms with Crippen molar-refractivity contribution < 1.29 is 9.59 Å². The molecule has 2 heterocycles. The van der Waals surface area contributed by atoms with E-state index in [0.717, 1.165) is 5.69 Å². The van der Waals surface area contributed by atoms with Gasteiger partial charge in [-0.1, -0.05) is 18.2 Å². The van der Waals surface area contributed by atoms with Gasteiger partial charge in [-0.15, -0.1) is 0 Å². The minimum Gasteiger partial charge on any atom is -0.274 e. The number of amides is 2. The lowest BCUT2D eigenvalue weighted by molar-refractivity contribution is -0.124. The average molecular weight is 280 g/mol. The van der Waals surface area contributed by atoms with Crippen LogP contribution in [0.5, 0.6) is 0 Å². The van der Waals surface area contributed by atoms with E-state index in [0.29, 0.717) is 17.7 Å². The van der Waals surface area contributed by atoms with Crippen molar-refractivity contribution in [1.29, 1.82) is 0 Å². The maximum atomic E-state index is 12.8. The molecule has 2 amide bonds. The Morgan fingerprint density at radius 2 is 1.67 bits per heavy atom. The number of nitrogens with zero attached hydrogens (tertiary/aromatic N) is 2. The lowest BCUT2D eigenvalue weighted by atomic mass is 9.63. The quantitative estimate of drug-likeness (QED) is 0.583. The Hall–Kier alpha value is -1.97. The van der Waals surface area contributed by atoms with Crippen LogP contribution in [0.1, 0.15) is 12.1 Å². The van der Waals surface area contributed by atoms with Gasteiger partial charge in [0.15, 0.2) is 0 Å². The van der Waals surface area contributed by atoms with E-state index in [1.807, 2.05) is 19.1 Å². The summed E-state index contributed by atoms with van der Waals surface area (Å²) in [4.78, 5) is 31.4. The highest BCUT2D eigenvalue weighted by Crippen LogP contribution is 2.65. The summed E-state index contributed by atoms with van der Waals surface area (Å²) in [5.74, 6) is 1.98. The van der Waals surface area contributed by atoms with Crippen LogP contribution in [-0.2, 0) is 9.59 Å². The Balaban J connectivity index is 1.60. The molecular weight excluding hydrogens is 264 g/mol. The number of hydrogen-bond donors (Lipinski definition) is 0. The highest BCUT2D eigenvalue weighted by molar-refractivity contribution is 6.22. The second-order valence-corrected chi connectivity index (χ2v) is 6.80. The number of imide groups is 1. The van der Waals surface area contributed by atoms with E-state index < -0.39 is 0 Å². The maximum absolute atomic E-state index is 12.8. The summed E-state index contributed by atoms with van der Waals surface area (Å²) >= 11 is 0. The Labute approximate surface area is 122 Å². The minimum atomic E-state index is -0.140. The number of aryl methyl sites for hydroxylation is 1. The van der Waals surface area contributed by atoms with Crippen LogP contribution >= 0.6 is 0 Å². The average Bonchev–Trinajstić information content (AvgIpc) is 3.24. The van der Waals surface area contributed by atoms with E-state index in [-0.39, 0.29) is 35.5 Å². The SMILES string of the molecule is Cc1cccc(N2C(=O)[C@@H]3[C@@H]4C=C[C@@H]([C@@H]5C[C@H]45)[C@@H]3C2=O)n1. The molecule has 0 radical (unpaired) electrons. The number of pyridine rings is 1. The second-order valence-electron chi connectivity index (χ2n) is 6.80. The molecule has 3 fully saturated rings. The van der Waals surface area contributed by atoms with Crippen LogP contribution in [0.2, 0.25) is 0 Å². The summed E-state index contributed by atoms with van der Waals surface area (Å²) in [5.41, 5.74) is 0.826. The molecule has 1 saturated heterocycles. The first-order valence-electron chi connectivity index (χ1n) is 7.66. The standard InChI is InChI=1S/C17H16N2O2/c1-8-3-2-4-13(18-8)19-16(20)14-9-5-6-10(12-7-11(9)12)15(14)17(19)21/h2-6,9-12,14-15H,7H2,1H3/t9-,10+,11-,12+,14-,15+. The Kier molecular flexibility index (Phi) is 2.01. The van der Waals surface area contributed by atoms with Crippen molar-refractivity contribution in [2.75, 3.05) is 4.90 Å². The molecule has 4 nitrogen and oxygen atoms in total. The van der Waals surface area contributed by atoms with E-state index in [9.17, 15) is 9.59 Å². The molecule has 4 aliphatic carbocycles. The van der Waals surface area contributed by atoms with Gasteiger partial charge in [-0.2, -0.15) is 0 Å². The molecular formula is C17H16N2O2. The second kappa shape index (κ2) is 3.62. The van der Waals surface area contributed by atoms with E-state index in [1.165, 1.54) is 11.3 Å². The van der Waals surface area contributed by atoms with Crippen LogP contribution in [0.25, 0.3) is 0 Å². The molecule has 4 heteroatoms. The molecule has 1 aromatic heterocycles. The summed E-state index contributed by atoms with van der Waals surface area (Å²) in [6, 6.07) is 5.49. The highest BCUT2D eigenvalue weighted by Gasteiger charge is 2.67. The molecule has 21 heavy (non-hydrogen) atoms. The van der Waals surface area contributed by atoms with E-state index in [2.05, 4.69) is 17.1 Å². The smallest absolute Gasteiger partial charge is 0.239 e. The van der Waals surface area contributed by atoms with Crippen molar-refractivity contribution in [3.63, 3.8) is 0 Å². The number of carbonyl (C=O) groups is 2. The number of rotatable bonds is 1. The summed E-state index contributed by atoms with van der Waals surface area (Å²) < 4.78 is 0. The number of anilines is 1. The van der Waals surface area contributed by atoms with Crippen molar-refractivity contribution in [2.24, 2.45) is 35.5 Å². The molecule has 6 rings (SSSR count). The molecule has 6 atom stereocenters. The molecule has 0 aromatic carbocycles. The monoisotopic (exact) mass is 280 g/mol. The molecule has 1 aliphatic heterocycles. The predicted octanol–water partition coefficient (Wildman–Crippen LogP) is 1.95. The summed E-state index contributed by atoms with van der Waals surface area (Å²) in [7, 11) is 0. The third-order valence-electron chi connectivity index (χ3n) is 5.77. The van der Waals surface area contributed by atoms with Gasteiger partial charge in [-0.3, -0.25) is 9.59 Å². The Morgan fingerprint density at radius 1 is 1.05 bits per heavy atom. The van der Waals surface area contributed by atoms with E-state index in [1.54, 1.807) is 6.07 Å². The fourth-order valence-electron chi connectivity index (χ4n) is 4.84. The zero-order valence-electron chi connectivity index (χ0n) is 11.8. The largest absolute Gasteiger partial charge is 0.274 e. The van der Waals surface area contributed by atoms with Gasteiger partial charge in [0.1, 0.15) is 5.82 Å². The molecule has 5 aliphatic rings. The van der Waals surface area contributed by atoms with Gasteiger partial charge in [0.25, 0.3) is 0 Å². The van der Waals surface area contributed by atoms with Gasteiger partial charge in [0, 0.05) is 5.69 Å². The van der Waals surface area contributed by atoms with Crippen molar-refractivity contribution in [1.82, 2.24) is 4.98 Å². The number of aromatic nitrogens is 1. The first kappa shape index (κ1) is 11.7. The van der Waals surface area contributed by atoms with Gasteiger partial charge in [-0.05, 0) is 49.1 Å². The van der Waals surface area contributed by atoms with Crippen LogP contribution in [0.3, 0.4) is 0 Å². The van der Waals surface area contributed by atoms with E-state index in [4.69, 9.17) is 0 Å². The molecule has 106 valence electrons. The number of allylic oxidation sites excluding steroid dienone is 2. The van der Waals surface area contributed by atoms with Crippen molar-refractivity contribution in [2.45, 2.75) is 13.3 Å². The van der Waals surface area contributed by atoms with Crippen LogP contribution in [-0.4, -0.2) is 16.8 Å². The summed E-state index contributed by atoms with van der Waals surface area (Å²) in [5, 5.41) is 0. The van der Waals surface area contributed by atoms with Gasteiger partial charge in [0.2, 0.25) is 11.8 Å². The molecule has 0 unspecified atom stereocenters. The summed E-state index contributed by atoms with van der Waals surface area (Å²) in [6.07, 6.45) is 5.58. The first-order chi connectivity index (χ1) is 10.2. The minimum absolute atomic E-state index is 0.0344. The van der Waals surface area contributed by atoms with Crippen LogP contribution in [0.15, 0.2) is 30.4 Å². The van der Waals surface area contributed by atoms with Crippen LogP contribution < -0.4 is 4.90 Å². The highest BCUT2D eigenvalue weighted by atomic mass is 16.2. The number of hydrogen-bond acceptors (Lipinski definition) is 3. The number of carbonyl (C=O) groups excluding carboxylic acids is 2. The molecule has 0 N–H and O–H groups in total. The van der Waals surface area contributed by atoms with E-state index >= 15 is 0 Å². The van der Waals surface area contributed by atoms with Crippen LogP contribution in [0.4, 0.5) is 5.82 Å². The van der Waals surface area contributed by atoms with Gasteiger partial charge in [-0.25, -0.2) is 9.88 Å². The molecule has 1 aromatic rings. The van der Waals surface area contributed by atoms with Gasteiger partial charge in [0.05, 0.1) is 11.8 Å². The van der Waals surface area contributed by atoms with Crippen molar-refractivity contribution in [3.8, 4) is 0 Å². The lowest BCUT2D eigenvalue weighted by Gasteiger charge is -2.37. The van der Waals surface area contributed by atoms with Crippen LogP contribution in [0, 0.1) is 42.4 Å². The third-order valence-corrected chi connectivity index (χ3v) is 5.77. The lowest BCUT2D eigenvalue weighted by Crippen LogP contribution is -2.40. The molecule has 0 spiro atoms. The zero-order chi connectivity index (χ0) is 14.3. The molecule has 2 saturated carbocycles. The third kappa shape index (κ3) is 1.33. The summed E-state index contributed by atoms with van der Waals surface area (Å²) in [6.45, 7) is 1.88. The van der Waals surface area contributed by atoms with Gasteiger partial charge >= 0.3 is 0 Å². The fourth-order valence-corrected chi connectivity index (χ4v) is 4.84. The fraction of sp³-hybridized carbons (Fsp3) is 0.471. The van der Waals surface area contributed by atoms with Crippen molar-refractivity contribution >= 4 is 17.6 Å². The Morgan fingerprint density at radius 3 is 2.24 bits per heavy atom. The van der Waals surface area contributed by atoms with Gasteiger partial charge < -0.3 is 0 Å². The topological polar surface area (TPSA) is 50.3 Å². The zero-order valence-corrected chi connectivity index (χ0v) is 11.8.